The van der Waals surface area contributed by atoms with Crippen LogP contribution in [0.15, 0.2) is 48.3 Å². The summed E-state index contributed by atoms with van der Waals surface area (Å²) >= 11 is 0. The first-order valence-electron chi connectivity index (χ1n) is 5.89. The standard InChI is InChI=1S/C16H19N/c1-11-7-6-8-16(13(11)3)15-9-12(2)14(4)17(5)10-15/h6-10H,4H2,1-3,5H3. The molecule has 1 aromatic carbocycles. The Kier molecular flexibility index (Phi) is 2.93. The van der Waals surface area contributed by atoms with E-state index in [0.29, 0.717) is 0 Å². The molecule has 0 aromatic heterocycles. The maximum atomic E-state index is 4.06. The van der Waals surface area contributed by atoms with Gasteiger partial charge in [0, 0.05) is 18.9 Å². The largest absolute Gasteiger partial charge is 0.351 e. The maximum Gasteiger partial charge on any atom is 0.0360 e. The zero-order valence-corrected chi connectivity index (χ0v) is 11.0. The summed E-state index contributed by atoms with van der Waals surface area (Å²) in [7, 11) is 2.05. The van der Waals surface area contributed by atoms with Crippen LogP contribution in [0.5, 0.6) is 0 Å². The third kappa shape index (κ3) is 2.05. The van der Waals surface area contributed by atoms with Crippen molar-refractivity contribution in [2.75, 3.05) is 7.05 Å². The van der Waals surface area contributed by atoms with Crippen molar-refractivity contribution in [1.82, 2.24) is 4.90 Å². The zero-order chi connectivity index (χ0) is 12.6. The fourth-order valence-corrected chi connectivity index (χ4v) is 2.13. The van der Waals surface area contributed by atoms with E-state index >= 15 is 0 Å². The number of likely N-dealkylation sites (N-methyl/N-ethyl adjacent to an activating group) is 1. The average molecular weight is 225 g/mol. The average Bonchev–Trinajstić information content (AvgIpc) is 2.29. The van der Waals surface area contributed by atoms with E-state index in [4.69, 9.17) is 0 Å². The number of aryl methyl sites for hydroxylation is 1. The van der Waals surface area contributed by atoms with Crippen LogP contribution in [0.4, 0.5) is 0 Å². The molecule has 2 rings (SSSR count). The van der Waals surface area contributed by atoms with Gasteiger partial charge in [0.15, 0.2) is 0 Å². The van der Waals surface area contributed by atoms with Gasteiger partial charge in [-0.05, 0) is 54.7 Å². The smallest absolute Gasteiger partial charge is 0.0360 e. The van der Waals surface area contributed by atoms with Crippen molar-refractivity contribution in [2.24, 2.45) is 0 Å². The Morgan fingerprint density at radius 1 is 1.12 bits per heavy atom. The Morgan fingerprint density at radius 3 is 2.47 bits per heavy atom. The first-order valence-corrected chi connectivity index (χ1v) is 5.89. The highest BCUT2D eigenvalue weighted by Crippen LogP contribution is 2.29. The second kappa shape index (κ2) is 4.25. The van der Waals surface area contributed by atoms with Gasteiger partial charge in [0.2, 0.25) is 0 Å². The highest BCUT2D eigenvalue weighted by molar-refractivity contribution is 5.79. The van der Waals surface area contributed by atoms with Gasteiger partial charge in [0.25, 0.3) is 0 Å². The lowest BCUT2D eigenvalue weighted by Gasteiger charge is -2.25. The van der Waals surface area contributed by atoms with Crippen LogP contribution in [-0.4, -0.2) is 11.9 Å². The number of rotatable bonds is 1. The van der Waals surface area contributed by atoms with Crippen molar-refractivity contribution in [3.05, 3.63) is 65.0 Å². The van der Waals surface area contributed by atoms with Crippen molar-refractivity contribution in [1.29, 1.82) is 0 Å². The molecule has 0 aliphatic carbocycles. The normalized spacial score (nSPS) is 15.8. The van der Waals surface area contributed by atoms with Gasteiger partial charge in [-0.25, -0.2) is 0 Å². The fraction of sp³-hybridized carbons (Fsp3) is 0.250. The van der Waals surface area contributed by atoms with Crippen LogP contribution in [0.2, 0.25) is 0 Å². The van der Waals surface area contributed by atoms with Crippen LogP contribution in [0.1, 0.15) is 23.6 Å². The molecule has 0 amide bonds. The number of hydrogen-bond acceptors (Lipinski definition) is 1. The van der Waals surface area contributed by atoms with E-state index < -0.39 is 0 Å². The summed E-state index contributed by atoms with van der Waals surface area (Å²) in [5.74, 6) is 0. The highest BCUT2D eigenvalue weighted by atomic mass is 15.1. The lowest BCUT2D eigenvalue weighted by Crippen LogP contribution is -2.14. The molecule has 88 valence electrons. The van der Waals surface area contributed by atoms with E-state index in [0.717, 1.165) is 5.70 Å². The number of benzene rings is 1. The number of nitrogens with zero attached hydrogens (tertiary/aromatic N) is 1. The fourth-order valence-electron chi connectivity index (χ4n) is 2.13. The molecule has 0 unspecified atom stereocenters. The number of hydrogen-bond donors (Lipinski definition) is 0. The Bertz CT molecular complexity index is 532. The van der Waals surface area contributed by atoms with Crippen LogP contribution in [0.3, 0.4) is 0 Å². The van der Waals surface area contributed by atoms with Gasteiger partial charge in [0.1, 0.15) is 0 Å². The van der Waals surface area contributed by atoms with Crippen molar-refractivity contribution in [3.63, 3.8) is 0 Å². The summed E-state index contributed by atoms with van der Waals surface area (Å²) in [5.41, 5.74) is 7.55. The van der Waals surface area contributed by atoms with E-state index in [9.17, 15) is 0 Å². The lowest BCUT2D eigenvalue weighted by atomic mass is 9.94. The third-order valence-electron chi connectivity index (χ3n) is 3.50. The monoisotopic (exact) mass is 225 g/mol. The Labute approximate surface area is 104 Å². The molecule has 1 nitrogen and oxygen atoms in total. The molecule has 0 radical (unpaired) electrons. The highest BCUT2D eigenvalue weighted by Gasteiger charge is 2.13. The van der Waals surface area contributed by atoms with Gasteiger partial charge >= 0.3 is 0 Å². The molecule has 0 saturated heterocycles. The molecular formula is C16H19N. The lowest BCUT2D eigenvalue weighted by molar-refractivity contribution is 0.578. The van der Waals surface area contributed by atoms with Gasteiger partial charge in [-0.15, -0.1) is 0 Å². The molecule has 1 aromatic rings. The summed E-state index contributed by atoms with van der Waals surface area (Å²) in [6.45, 7) is 10.5. The molecule has 1 aliphatic rings. The van der Waals surface area contributed by atoms with Gasteiger partial charge in [0.05, 0.1) is 0 Å². The summed E-state index contributed by atoms with van der Waals surface area (Å²) in [5, 5.41) is 0. The number of allylic oxidation sites excluding steroid dienone is 3. The van der Waals surface area contributed by atoms with Crippen LogP contribution in [0, 0.1) is 13.8 Å². The van der Waals surface area contributed by atoms with Crippen LogP contribution >= 0.6 is 0 Å². The van der Waals surface area contributed by atoms with E-state index in [2.05, 4.69) is 62.7 Å². The van der Waals surface area contributed by atoms with Crippen molar-refractivity contribution in [2.45, 2.75) is 20.8 Å². The van der Waals surface area contributed by atoms with Crippen LogP contribution in [0.25, 0.3) is 5.57 Å². The first-order chi connectivity index (χ1) is 8.00. The quantitative estimate of drug-likeness (QED) is 0.697. The topological polar surface area (TPSA) is 3.24 Å². The predicted molar refractivity (Wildman–Crippen MR) is 74.6 cm³/mol. The minimum absolute atomic E-state index is 1.07. The maximum absolute atomic E-state index is 4.06. The van der Waals surface area contributed by atoms with E-state index in [1.165, 1.54) is 27.8 Å². The molecule has 1 heterocycles. The summed E-state index contributed by atoms with van der Waals surface area (Å²) in [6.07, 6.45) is 4.36. The molecule has 0 atom stereocenters. The zero-order valence-electron chi connectivity index (χ0n) is 11.0. The van der Waals surface area contributed by atoms with Crippen molar-refractivity contribution in [3.8, 4) is 0 Å². The molecular weight excluding hydrogens is 206 g/mol. The predicted octanol–water partition coefficient (Wildman–Crippen LogP) is 4.05. The Morgan fingerprint density at radius 2 is 1.82 bits per heavy atom. The van der Waals surface area contributed by atoms with Gasteiger partial charge in [-0.1, -0.05) is 24.8 Å². The summed E-state index contributed by atoms with van der Waals surface area (Å²) in [6, 6.07) is 6.45. The van der Waals surface area contributed by atoms with Crippen molar-refractivity contribution < 1.29 is 0 Å². The van der Waals surface area contributed by atoms with E-state index in [1.807, 2.05) is 7.05 Å². The van der Waals surface area contributed by atoms with Gasteiger partial charge < -0.3 is 4.90 Å². The second-order valence-corrected chi connectivity index (χ2v) is 4.72. The van der Waals surface area contributed by atoms with E-state index in [1.54, 1.807) is 0 Å². The molecule has 1 aliphatic heterocycles. The van der Waals surface area contributed by atoms with Gasteiger partial charge in [-0.2, -0.15) is 0 Å². The summed E-state index contributed by atoms with van der Waals surface area (Å²) < 4.78 is 0. The minimum Gasteiger partial charge on any atom is -0.351 e. The third-order valence-corrected chi connectivity index (χ3v) is 3.50. The van der Waals surface area contributed by atoms with Gasteiger partial charge in [-0.3, -0.25) is 0 Å². The molecule has 0 bridgehead atoms. The Balaban J connectivity index is 2.52. The molecule has 17 heavy (non-hydrogen) atoms. The Hall–Kier alpha value is -1.76. The SMILES string of the molecule is C=C1C(C)=CC(c2cccc(C)c2C)=CN1C. The van der Waals surface area contributed by atoms with Crippen LogP contribution in [-0.2, 0) is 0 Å². The molecule has 0 fully saturated rings. The van der Waals surface area contributed by atoms with E-state index in [-0.39, 0.29) is 0 Å². The molecule has 0 N–H and O–H groups in total. The molecule has 0 saturated carbocycles. The molecule has 1 heteroatoms. The van der Waals surface area contributed by atoms with Crippen LogP contribution < -0.4 is 0 Å². The second-order valence-electron chi connectivity index (χ2n) is 4.72. The summed E-state index contributed by atoms with van der Waals surface area (Å²) in [4.78, 5) is 2.09. The van der Waals surface area contributed by atoms with Crippen molar-refractivity contribution >= 4 is 5.57 Å². The minimum atomic E-state index is 1.07. The first kappa shape index (κ1) is 11.7. The molecule has 0 spiro atoms.